The van der Waals surface area contributed by atoms with Gasteiger partial charge in [0.15, 0.2) is 0 Å². The highest BCUT2D eigenvalue weighted by molar-refractivity contribution is 7.10. The first-order valence-electron chi connectivity index (χ1n) is 5.18. The van der Waals surface area contributed by atoms with Crippen molar-refractivity contribution in [3.63, 3.8) is 0 Å². The number of nitrogens with zero attached hydrogens (tertiary/aromatic N) is 2. The summed E-state index contributed by atoms with van der Waals surface area (Å²) in [6.45, 7) is 2.11. The molecule has 0 fully saturated rings. The Morgan fingerprint density at radius 3 is 2.94 bits per heavy atom. The largest absolute Gasteiger partial charge is 0.338 e. The average Bonchev–Trinajstić information content (AvgIpc) is 2.85. The molecule has 0 radical (unpaired) electrons. The van der Waals surface area contributed by atoms with E-state index in [4.69, 9.17) is 5.84 Å². The number of hydrogen-bond donors (Lipinski definition) is 2. The monoisotopic (exact) mass is 236 g/mol. The lowest BCUT2D eigenvalue weighted by molar-refractivity contribution is 0.536. The molecule has 2 rings (SSSR count). The van der Waals surface area contributed by atoms with Crippen molar-refractivity contribution >= 4 is 11.3 Å². The number of aromatic nitrogens is 2. The predicted molar refractivity (Wildman–Crippen MR) is 66.0 cm³/mol. The van der Waals surface area contributed by atoms with Crippen LogP contribution < -0.4 is 11.3 Å². The van der Waals surface area contributed by atoms with Crippen LogP contribution in [0.2, 0.25) is 0 Å². The van der Waals surface area contributed by atoms with Crippen LogP contribution in [0, 0.1) is 6.92 Å². The van der Waals surface area contributed by atoms with Crippen LogP contribution in [0.1, 0.15) is 22.3 Å². The third-order valence-corrected chi connectivity index (χ3v) is 3.86. The lowest BCUT2D eigenvalue weighted by Crippen LogP contribution is -2.30. The van der Waals surface area contributed by atoms with Crippen molar-refractivity contribution in [1.29, 1.82) is 0 Å². The third kappa shape index (κ3) is 2.16. The molecule has 5 heteroatoms. The molecule has 16 heavy (non-hydrogen) atoms. The Morgan fingerprint density at radius 2 is 2.44 bits per heavy atom. The predicted octanol–water partition coefficient (Wildman–Crippen LogP) is 1.54. The number of hydrogen-bond acceptors (Lipinski definition) is 4. The smallest absolute Gasteiger partial charge is 0.110 e. The van der Waals surface area contributed by atoms with Gasteiger partial charge in [0.1, 0.15) is 5.82 Å². The number of nitrogens with one attached hydrogen (secondary N) is 1. The van der Waals surface area contributed by atoms with E-state index in [0.29, 0.717) is 0 Å². The second-order valence-electron chi connectivity index (χ2n) is 3.85. The Kier molecular flexibility index (Phi) is 3.38. The van der Waals surface area contributed by atoms with Crippen LogP contribution in [-0.2, 0) is 13.5 Å². The van der Waals surface area contributed by atoms with Crippen LogP contribution in [0.25, 0.3) is 0 Å². The lowest BCUT2D eigenvalue weighted by Gasteiger charge is -2.15. The quantitative estimate of drug-likeness (QED) is 0.625. The molecule has 0 bridgehead atoms. The van der Waals surface area contributed by atoms with E-state index in [1.165, 1.54) is 10.4 Å². The van der Waals surface area contributed by atoms with E-state index in [1.807, 2.05) is 24.0 Å². The average molecular weight is 236 g/mol. The highest BCUT2D eigenvalue weighted by Gasteiger charge is 2.16. The van der Waals surface area contributed by atoms with Gasteiger partial charge in [-0.25, -0.2) is 4.98 Å². The summed E-state index contributed by atoms with van der Waals surface area (Å²) < 4.78 is 2.02. The molecule has 0 spiro atoms. The van der Waals surface area contributed by atoms with Crippen LogP contribution >= 0.6 is 11.3 Å². The maximum Gasteiger partial charge on any atom is 0.110 e. The summed E-state index contributed by atoms with van der Waals surface area (Å²) in [7, 11) is 2.00. The van der Waals surface area contributed by atoms with Crippen LogP contribution in [0.15, 0.2) is 23.8 Å². The Morgan fingerprint density at radius 1 is 1.62 bits per heavy atom. The number of imidazole rings is 1. The number of thiophene rings is 1. The van der Waals surface area contributed by atoms with Gasteiger partial charge in [0.25, 0.3) is 0 Å². The second-order valence-corrected chi connectivity index (χ2v) is 4.79. The topological polar surface area (TPSA) is 55.9 Å². The molecule has 0 saturated heterocycles. The summed E-state index contributed by atoms with van der Waals surface area (Å²) in [6.07, 6.45) is 4.57. The minimum atomic E-state index is 0.140. The van der Waals surface area contributed by atoms with E-state index in [9.17, 15) is 0 Å². The van der Waals surface area contributed by atoms with Gasteiger partial charge in [-0.15, -0.1) is 11.3 Å². The van der Waals surface area contributed by atoms with Crippen molar-refractivity contribution in [2.24, 2.45) is 12.9 Å². The van der Waals surface area contributed by atoms with Crippen molar-refractivity contribution in [2.45, 2.75) is 19.4 Å². The summed E-state index contributed by atoms with van der Waals surface area (Å²) >= 11 is 1.73. The van der Waals surface area contributed by atoms with E-state index >= 15 is 0 Å². The highest BCUT2D eigenvalue weighted by Crippen LogP contribution is 2.25. The van der Waals surface area contributed by atoms with Gasteiger partial charge in [0.05, 0.1) is 6.04 Å². The first-order valence-corrected chi connectivity index (χ1v) is 6.06. The molecule has 4 nitrogen and oxygen atoms in total. The number of rotatable bonds is 4. The third-order valence-electron chi connectivity index (χ3n) is 2.73. The first-order chi connectivity index (χ1) is 7.72. The molecule has 0 aliphatic carbocycles. The van der Waals surface area contributed by atoms with Crippen LogP contribution in [-0.4, -0.2) is 9.55 Å². The molecule has 0 aliphatic rings. The van der Waals surface area contributed by atoms with E-state index in [2.05, 4.69) is 28.8 Å². The van der Waals surface area contributed by atoms with Crippen molar-refractivity contribution in [2.75, 3.05) is 0 Å². The summed E-state index contributed by atoms with van der Waals surface area (Å²) in [6, 6.07) is 2.25. The summed E-state index contributed by atoms with van der Waals surface area (Å²) in [5.74, 6) is 6.66. The molecule has 1 unspecified atom stereocenters. The molecule has 86 valence electrons. The van der Waals surface area contributed by atoms with Gasteiger partial charge in [-0.1, -0.05) is 0 Å². The molecule has 2 aromatic heterocycles. The minimum Gasteiger partial charge on any atom is -0.338 e. The maximum atomic E-state index is 5.62. The second kappa shape index (κ2) is 4.78. The van der Waals surface area contributed by atoms with E-state index in [1.54, 1.807) is 11.3 Å². The van der Waals surface area contributed by atoms with Gasteiger partial charge in [0.2, 0.25) is 0 Å². The fraction of sp³-hybridized carbons (Fsp3) is 0.364. The number of aryl methyl sites for hydroxylation is 2. The summed E-state index contributed by atoms with van der Waals surface area (Å²) in [4.78, 5) is 5.60. The lowest BCUT2D eigenvalue weighted by atomic mass is 10.1. The molecule has 2 aromatic rings. The molecular weight excluding hydrogens is 220 g/mol. The van der Waals surface area contributed by atoms with E-state index < -0.39 is 0 Å². The number of hydrazine groups is 1. The van der Waals surface area contributed by atoms with Crippen LogP contribution in [0.5, 0.6) is 0 Å². The van der Waals surface area contributed by atoms with Gasteiger partial charge < -0.3 is 4.57 Å². The van der Waals surface area contributed by atoms with Crippen molar-refractivity contribution in [3.05, 3.63) is 40.1 Å². The van der Waals surface area contributed by atoms with Crippen LogP contribution in [0.3, 0.4) is 0 Å². The van der Waals surface area contributed by atoms with Gasteiger partial charge in [-0.05, 0) is 23.9 Å². The molecule has 1 atom stereocenters. The molecule has 0 aliphatic heterocycles. The standard InChI is InChI=1S/C11H16N4S/c1-8-3-6-16-11(8)9(14-12)7-10-13-4-5-15(10)2/h3-6,9,14H,7,12H2,1-2H3. The normalized spacial score (nSPS) is 12.9. The van der Waals surface area contributed by atoms with Crippen molar-refractivity contribution < 1.29 is 0 Å². The van der Waals surface area contributed by atoms with Crippen LogP contribution in [0.4, 0.5) is 0 Å². The van der Waals surface area contributed by atoms with Gasteiger partial charge >= 0.3 is 0 Å². The molecule has 0 aromatic carbocycles. The Balaban J connectivity index is 2.19. The zero-order valence-corrected chi connectivity index (χ0v) is 10.3. The highest BCUT2D eigenvalue weighted by atomic mass is 32.1. The number of nitrogens with two attached hydrogens (primary N) is 1. The summed E-state index contributed by atoms with van der Waals surface area (Å²) in [5.41, 5.74) is 4.15. The van der Waals surface area contributed by atoms with Gasteiger partial charge in [0, 0.05) is 30.7 Å². The Bertz CT molecular complexity index is 460. The fourth-order valence-electron chi connectivity index (χ4n) is 1.74. The zero-order chi connectivity index (χ0) is 11.5. The fourth-order valence-corrected chi connectivity index (χ4v) is 2.73. The molecule has 0 amide bonds. The maximum absolute atomic E-state index is 5.62. The summed E-state index contributed by atoms with van der Waals surface area (Å²) in [5, 5.41) is 2.09. The van der Waals surface area contributed by atoms with Gasteiger partial charge in [-0.3, -0.25) is 11.3 Å². The Labute approximate surface area is 99.1 Å². The Hall–Kier alpha value is -1.17. The van der Waals surface area contributed by atoms with Gasteiger partial charge in [-0.2, -0.15) is 0 Å². The molecular formula is C11H16N4S. The van der Waals surface area contributed by atoms with Crippen molar-refractivity contribution in [1.82, 2.24) is 15.0 Å². The van der Waals surface area contributed by atoms with E-state index in [-0.39, 0.29) is 6.04 Å². The first kappa shape index (κ1) is 11.3. The SMILES string of the molecule is Cc1ccsc1C(Cc1nccn1C)NN. The van der Waals surface area contributed by atoms with E-state index in [0.717, 1.165) is 12.2 Å². The molecule has 2 heterocycles. The van der Waals surface area contributed by atoms with Crippen molar-refractivity contribution in [3.8, 4) is 0 Å². The molecule has 0 saturated carbocycles. The molecule has 3 N–H and O–H groups in total. The zero-order valence-electron chi connectivity index (χ0n) is 9.47. The minimum absolute atomic E-state index is 0.140.